The molecule has 0 aromatic heterocycles. The Labute approximate surface area is 145 Å². The van der Waals surface area contributed by atoms with Gasteiger partial charge in [-0.15, -0.1) is 0 Å². The van der Waals surface area contributed by atoms with Crippen LogP contribution in [-0.4, -0.2) is 80.0 Å². The number of nitrogens with zero attached hydrogens (tertiary/aromatic N) is 3. The van der Waals surface area contributed by atoms with Gasteiger partial charge in [0.25, 0.3) is 0 Å². The number of hydrogen-bond donors (Lipinski definition) is 1. The molecule has 0 aromatic carbocycles. The van der Waals surface area contributed by atoms with E-state index < -0.39 is 0 Å². The Balaban J connectivity index is 1.75. The molecule has 1 unspecified atom stereocenters. The van der Waals surface area contributed by atoms with Crippen molar-refractivity contribution < 1.29 is 9.59 Å². The first-order valence-electron chi connectivity index (χ1n) is 9.00. The first-order chi connectivity index (χ1) is 11.4. The lowest BCUT2D eigenvalue weighted by molar-refractivity contribution is -0.129. The molecule has 0 spiro atoms. The van der Waals surface area contributed by atoms with Gasteiger partial charge in [-0.05, 0) is 44.7 Å². The molecule has 136 valence electrons. The number of likely N-dealkylation sites (N-methyl/N-ethyl adjacent to an activating group) is 1. The Morgan fingerprint density at radius 3 is 2.50 bits per heavy atom. The van der Waals surface area contributed by atoms with Crippen LogP contribution in [0.3, 0.4) is 0 Å². The minimum absolute atomic E-state index is 0.0275. The zero-order valence-electron chi connectivity index (χ0n) is 15.5. The van der Waals surface area contributed by atoms with Crippen molar-refractivity contribution in [2.45, 2.75) is 38.6 Å². The fourth-order valence-corrected chi connectivity index (χ4v) is 3.32. The molecular formula is C18H32N4O2. The maximum Gasteiger partial charge on any atom is 0.317 e. The van der Waals surface area contributed by atoms with Crippen LogP contribution in [0.5, 0.6) is 0 Å². The van der Waals surface area contributed by atoms with Crippen molar-refractivity contribution in [2.75, 3.05) is 47.3 Å². The molecule has 1 atom stereocenters. The van der Waals surface area contributed by atoms with Crippen LogP contribution >= 0.6 is 0 Å². The summed E-state index contributed by atoms with van der Waals surface area (Å²) in [7, 11) is 5.70. The summed E-state index contributed by atoms with van der Waals surface area (Å²) in [5, 5.41) is 3.13. The van der Waals surface area contributed by atoms with Crippen molar-refractivity contribution >= 4 is 11.9 Å². The number of carbonyl (C=O) groups excluding carboxylic acids is 2. The van der Waals surface area contributed by atoms with E-state index in [1.54, 1.807) is 19.0 Å². The largest absolute Gasteiger partial charge is 0.349 e. The van der Waals surface area contributed by atoms with Crippen molar-refractivity contribution in [3.63, 3.8) is 0 Å². The van der Waals surface area contributed by atoms with Crippen molar-refractivity contribution in [2.24, 2.45) is 5.92 Å². The topological polar surface area (TPSA) is 55.9 Å². The third kappa shape index (κ3) is 5.23. The van der Waals surface area contributed by atoms with Gasteiger partial charge in [-0.1, -0.05) is 6.08 Å². The average Bonchev–Trinajstić information content (AvgIpc) is 2.55. The van der Waals surface area contributed by atoms with Gasteiger partial charge >= 0.3 is 6.03 Å². The monoisotopic (exact) mass is 336 g/mol. The van der Waals surface area contributed by atoms with E-state index in [0.717, 1.165) is 45.4 Å². The highest BCUT2D eigenvalue weighted by Gasteiger charge is 2.26. The molecule has 0 saturated carbocycles. The molecule has 1 N–H and O–H groups in total. The summed E-state index contributed by atoms with van der Waals surface area (Å²) in [6.45, 7) is 5.56. The molecule has 2 rings (SSSR count). The second-order valence-electron chi connectivity index (χ2n) is 7.39. The standard InChI is InChI=1S/C18H32N4O2/c1-14(16-7-9-21(4)10-8-16)19-18(24)22-11-5-15(6-12-22)13-17(23)20(2)3/h7,14-15H,5-6,8-13H2,1-4H3,(H,19,24). The first-order valence-corrected chi connectivity index (χ1v) is 9.00. The highest BCUT2D eigenvalue weighted by atomic mass is 16.2. The Morgan fingerprint density at radius 2 is 1.96 bits per heavy atom. The third-order valence-corrected chi connectivity index (χ3v) is 5.21. The van der Waals surface area contributed by atoms with Crippen LogP contribution in [0.2, 0.25) is 0 Å². The van der Waals surface area contributed by atoms with Crippen LogP contribution in [0.4, 0.5) is 4.79 Å². The van der Waals surface area contributed by atoms with E-state index in [1.165, 1.54) is 5.57 Å². The van der Waals surface area contributed by atoms with Gasteiger partial charge in [0.15, 0.2) is 0 Å². The minimum Gasteiger partial charge on any atom is -0.349 e. The van der Waals surface area contributed by atoms with Gasteiger partial charge in [0.2, 0.25) is 5.91 Å². The van der Waals surface area contributed by atoms with Gasteiger partial charge in [-0.2, -0.15) is 0 Å². The highest BCUT2D eigenvalue weighted by molar-refractivity contribution is 5.76. The fraction of sp³-hybridized carbons (Fsp3) is 0.778. The lowest BCUT2D eigenvalue weighted by Gasteiger charge is -2.34. The van der Waals surface area contributed by atoms with Crippen LogP contribution in [0.25, 0.3) is 0 Å². The number of likely N-dealkylation sites (tertiary alicyclic amines) is 1. The van der Waals surface area contributed by atoms with Crippen LogP contribution in [0, 0.1) is 5.92 Å². The Hall–Kier alpha value is -1.56. The van der Waals surface area contributed by atoms with E-state index in [-0.39, 0.29) is 18.0 Å². The molecule has 0 radical (unpaired) electrons. The van der Waals surface area contributed by atoms with Gasteiger partial charge in [0, 0.05) is 52.7 Å². The summed E-state index contributed by atoms with van der Waals surface area (Å²) < 4.78 is 0. The average molecular weight is 336 g/mol. The summed E-state index contributed by atoms with van der Waals surface area (Å²) in [6, 6.07) is 0.124. The van der Waals surface area contributed by atoms with E-state index in [1.807, 2.05) is 4.90 Å². The van der Waals surface area contributed by atoms with Crippen LogP contribution in [0.15, 0.2) is 11.6 Å². The van der Waals surface area contributed by atoms with Gasteiger partial charge in [0.1, 0.15) is 0 Å². The molecule has 1 saturated heterocycles. The summed E-state index contributed by atoms with van der Waals surface area (Å²) in [5.74, 6) is 0.582. The van der Waals surface area contributed by atoms with Gasteiger partial charge in [-0.3, -0.25) is 4.79 Å². The Kier molecular flexibility index (Phi) is 6.66. The SMILES string of the molecule is CC(NC(=O)N1CCC(CC(=O)N(C)C)CC1)C1=CCN(C)CC1. The Morgan fingerprint density at radius 1 is 1.29 bits per heavy atom. The van der Waals surface area contributed by atoms with Gasteiger partial charge in [-0.25, -0.2) is 4.79 Å². The number of rotatable bonds is 4. The molecule has 0 aromatic rings. The number of nitrogens with one attached hydrogen (secondary N) is 1. The smallest absolute Gasteiger partial charge is 0.317 e. The van der Waals surface area contributed by atoms with Crippen molar-refractivity contribution in [1.82, 2.24) is 20.0 Å². The molecule has 3 amide bonds. The first kappa shape index (κ1) is 18.8. The molecule has 24 heavy (non-hydrogen) atoms. The summed E-state index contributed by atoms with van der Waals surface area (Å²) in [5.41, 5.74) is 1.33. The second kappa shape index (κ2) is 8.51. The summed E-state index contributed by atoms with van der Waals surface area (Å²) in [4.78, 5) is 30.1. The molecule has 2 aliphatic rings. The van der Waals surface area contributed by atoms with Gasteiger partial charge < -0.3 is 20.0 Å². The molecular weight excluding hydrogens is 304 g/mol. The molecule has 6 nitrogen and oxygen atoms in total. The van der Waals surface area contributed by atoms with Crippen LogP contribution < -0.4 is 5.32 Å². The van der Waals surface area contributed by atoms with Crippen LogP contribution in [0.1, 0.15) is 32.6 Å². The molecule has 0 bridgehead atoms. The molecule has 1 fully saturated rings. The third-order valence-electron chi connectivity index (χ3n) is 5.21. The quantitative estimate of drug-likeness (QED) is 0.792. The fourth-order valence-electron chi connectivity index (χ4n) is 3.32. The summed E-state index contributed by atoms with van der Waals surface area (Å²) >= 11 is 0. The maximum absolute atomic E-state index is 12.5. The lowest BCUT2D eigenvalue weighted by atomic mass is 9.93. The number of carbonyl (C=O) groups is 2. The predicted octanol–water partition coefficient (Wildman–Crippen LogP) is 1.54. The van der Waals surface area contributed by atoms with Gasteiger partial charge in [0.05, 0.1) is 0 Å². The van der Waals surface area contributed by atoms with E-state index in [2.05, 4.69) is 30.3 Å². The lowest BCUT2D eigenvalue weighted by Crippen LogP contribution is -2.48. The Bertz CT molecular complexity index is 481. The molecule has 2 aliphatic heterocycles. The van der Waals surface area contributed by atoms with E-state index >= 15 is 0 Å². The number of urea groups is 1. The molecule has 2 heterocycles. The second-order valence-corrected chi connectivity index (χ2v) is 7.39. The van der Waals surface area contributed by atoms with Crippen molar-refractivity contribution in [3.8, 4) is 0 Å². The predicted molar refractivity (Wildman–Crippen MR) is 95.8 cm³/mol. The van der Waals surface area contributed by atoms with Crippen LogP contribution in [-0.2, 0) is 4.79 Å². The zero-order valence-corrected chi connectivity index (χ0v) is 15.5. The number of amides is 3. The minimum atomic E-state index is 0.0275. The highest BCUT2D eigenvalue weighted by Crippen LogP contribution is 2.21. The molecule has 6 heteroatoms. The molecule has 0 aliphatic carbocycles. The normalized spacial score (nSPS) is 21.2. The zero-order chi connectivity index (χ0) is 17.7. The number of hydrogen-bond acceptors (Lipinski definition) is 3. The van der Waals surface area contributed by atoms with E-state index in [9.17, 15) is 9.59 Å². The van der Waals surface area contributed by atoms with Crippen molar-refractivity contribution in [3.05, 3.63) is 11.6 Å². The maximum atomic E-state index is 12.5. The van der Waals surface area contributed by atoms with E-state index in [4.69, 9.17) is 0 Å². The van der Waals surface area contributed by atoms with E-state index in [0.29, 0.717) is 12.3 Å². The summed E-state index contributed by atoms with van der Waals surface area (Å²) in [6.07, 6.45) is 5.67. The number of piperidine rings is 1. The van der Waals surface area contributed by atoms with Crippen molar-refractivity contribution in [1.29, 1.82) is 0 Å².